The summed E-state index contributed by atoms with van der Waals surface area (Å²) in [5.74, 6) is 0.605. The molecule has 0 aliphatic heterocycles. The van der Waals surface area contributed by atoms with Crippen LogP contribution < -0.4 is 0 Å². The summed E-state index contributed by atoms with van der Waals surface area (Å²) in [7, 11) is 0. The van der Waals surface area contributed by atoms with Crippen molar-refractivity contribution in [1.82, 2.24) is 4.90 Å². The van der Waals surface area contributed by atoms with Gasteiger partial charge in [-0.25, -0.2) is 0 Å². The average Bonchev–Trinajstić information content (AvgIpc) is 2.50. The number of nitrogens with zero attached hydrogens (tertiary/aromatic N) is 1. The van der Waals surface area contributed by atoms with Gasteiger partial charge < -0.3 is 4.90 Å². The first-order valence-electron chi connectivity index (χ1n) is 7.65. The van der Waals surface area contributed by atoms with E-state index in [1.54, 1.807) is 0 Å². The molecule has 0 aliphatic rings. The maximum atomic E-state index is 11.8. The Labute approximate surface area is 123 Å². The molecule has 0 aliphatic carbocycles. The summed E-state index contributed by atoms with van der Waals surface area (Å²) in [6.45, 7) is 9.67. The molecule has 0 fully saturated rings. The Balaban J connectivity index is 2.39. The van der Waals surface area contributed by atoms with Crippen molar-refractivity contribution in [1.29, 1.82) is 0 Å². The number of rotatable bonds is 9. The van der Waals surface area contributed by atoms with Crippen molar-refractivity contribution in [3.8, 4) is 0 Å². The topological polar surface area (TPSA) is 20.3 Å². The predicted molar refractivity (Wildman–Crippen MR) is 85.8 cm³/mol. The molecule has 0 bridgehead atoms. The summed E-state index contributed by atoms with van der Waals surface area (Å²) in [5, 5.41) is 0. The molecule has 1 rings (SSSR count). The average molecular weight is 273 g/mol. The third-order valence-electron chi connectivity index (χ3n) is 3.70. The van der Waals surface area contributed by atoms with Crippen molar-refractivity contribution in [2.24, 2.45) is 0 Å². The lowest BCUT2D eigenvalue weighted by Gasteiger charge is -2.22. The van der Waals surface area contributed by atoms with Gasteiger partial charge in [0.15, 0.2) is 0 Å². The molecule has 0 aromatic heterocycles. The van der Waals surface area contributed by atoms with E-state index in [4.69, 9.17) is 0 Å². The minimum absolute atomic E-state index is 0.0609. The molecule has 110 valence electrons. The minimum atomic E-state index is 0.0609. The third kappa shape index (κ3) is 5.60. The largest absolute Gasteiger partial charge is 0.339 e. The number of unbranched alkanes of at least 4 members (excludes halogenated alkanes) is 1. The molecule has 0 heterocycles. The Hall–Kier alpha value is -1.57. The number of carbonyl (C=O) groups excluding carboxylic acids is 1. The Bertz CT molecular complexity index is 399. The molecule has 20 heavy (non-hydrogen) atoms. The molecule has 0 saturated heterocycles. The Morgan fingerprint density at radius 3 is 2.50 bits per heavy atom. The molecule has 2 heteroatoms. The van der Waals surface area contributed by atoms with Gasteiger partial charge in [-0.1, -0.05) is 57.2 Å². The van der Waals surface area contributed by atoms with Crippen molar-refractivity contribution in [2.45, 2.75) is 45.4 Å². The first-order chi connectivity index (χ1) is 9.69. The number of hydrogen-bond acceptors (Lipinski definition) is 1. The van der Waals surface area contributed by atoms with E-state index < -0.39 is 0 Å². The second kappa shape index (κ2) is 9.35. The molecule has 2 nitrogen and oxygen atoms in total. The highest BCUT2D eigenvalue weighted by molar-refractivity contribution is 5.86. The van der Waals surface area contributed by atoms with Gasteiger partial charge in [0.05, 0.1) is 0 Å². The van der Waals surface area contributed by atoms with E-state index in [9.17, 15) is 4.79 Å². The zero-order chi connectivity index (χ0) is 14.8. The van der Waals surface area contributed by atoms with Crippen LogP contribution in [0.5, 0.6) is 0 Å². The van der Waals surface area contributed by atoms with Crippen molar-refractivity contribution in [2.75, 3.05) is 13.1 Å². The van der Waals surface area contributed by atoms with Gasteiger partial charge in [-0.15, -0.1) is 0 Å². The highest BCUT2D eigenvalue weighted by Crippen LogP contribution is 2.20. The fourth-order valence-electron chi connectivity index (χ4n) is 2.35. The van der Waals surface area contributed by atoms with Crippen molar-refractivity contribution < 1.29 is 4.79 Å². The van der Waals surface area contributed by atoms with Crippen LogP contribution in [0.1, 0.15) is 51.0 Å². The summed E-state index contributed by atoms with van der Waals surface area (Å²) >= 11 is 0. The van der Waals surface area contributed by atoms with Gasteiger partial charge in [-0.05, 0) is 36.8 Å². The smallest absolute Gasteiger partial charge is 0.245 e. The maximum Gasteiger partial charge on any atom is 0.245 e. The lowest BCUT2D eigenvalue weighted by molar-refractivity contribution is -0.126. The van der Waals surface area contributed by atoms with Crippen LogP contribution in [0.4, 0.5) is 0 Å². The zero-order valence-electron chi connectivity index (χ0n) is 12.8. The zero-order valence-corrected chi connectivity index (χ0v) is 12.8. The van der Waals surface area contributed by atoms with Crippen LogP contribution in [0.25, 0.3) is 0 Å². The highest BCUT2D eigenvalue weighted by atomic mass is 16.2. The fraction of sp³-hybridized carbons (Fsp3) is 0.500. The predicted octanol–water partition coefficient (Wildman–Crippen LogP) is 4.39. The van der Waals surface area contributed by atoms with Gasteiger partial charge in [0.25, 0.3) is 0 Å². The lowest BCUT2D eigenvalue weighted by atomic mass is 9.96. The van der Waals surface area contributed by atoms with Gasteiger partial charge in [0.1, 0.15) is 0 Å². The van der Waals surface area contributed by atoms with E-state index in [-0.39, 0.29) is 5.91 Å². The van der Waals surface area contributed by atoms with Crippen LogP contribution in [-0.4, -0.2) is 23.9 Å². The Kier molecular flexibility index (Phi) is 7.71. The van der Waals surface area contributed by atoms with Gasteiger partial charge in [-0.2, -0.15) is 0 Å². The third-order valence-corrected chi connectivity index (χ3v) is 3.70. The molecule has 0 radical (unpaired) electrons. The molecule has 1 amide bonds. The quantitative estimate of drug-likeness (QED) is 0.611. The monoisotopic (exact) mass is 273 g/mol. The summed E-state index contributed by atoms with van der Waals surface area (Å²) < 4.78 is 0. The summed E-state index contributed by atoms with van der Waals surface area (Å²) in [6.07, 6.45) is 5.75. The molecule has 1 aromatic rings. The Morgan fingerprint density at radius 2 is 1.90 bits per heavy atom. The number of amides is 1. The highest BCUT2D eigenvalue weighted by Gasteiger charge is 2.10. The van der Waals surface area contributed by atoms with Gasteiger partial charge >= 0.3 is 0 Å². The molecule has 0 saturated carbocycles. The number of hydrogen-bond donors (Lipinski definition) is 0. The SMILES string of the molecule is C=CC(=O)N(CCCC)CCCC(C)c1ccccc1. The standard InChI is InChI=1S/C18H27NO/c1-4-6-14-19(18(20)5-2)15-10-11-16(3)17-12-8-7-9-13-17/h5,7-9,12-13,16H,2,4,6,10-11,14-15H2,1,3H3. The van der Waals surface area contributed by atoms with Crippen LogP contribution in [0, 0.1) is 0 Å². The van der Waals surface area contributed by atoms with E-state index in [1.807, 2.05) is 11.0 Å². The number of benzene rings is 1. The van der Waals surface area contributed by atoms with Gasteiger partial charge in [0, 0.05) is 13.1 Å². The van der Waals surface area contributed by atoms with Crippen LogP contribution in [0.15, 0.2) is 43.0 Å². The van der Waals surface area contributed by atoms with Gasteiger partial charge in [-0.3, -0.25) is 4.79 Å². The Morgan fingerprint density at radius 1 is 1.25 bits per heavy atom. The lowest BCUT2D eigenvalue weighted by Crippen LogP contribution is -2.31. The first-order valence-corrected chi connectivity index (χ1v) is 7.65. The molecule has 1 aromatic carbocycles. The molecule has 0 N–H and O–H groups in total. The van der Waals surface area contributed by atoms with Crippen LogP contribution in [0.3, 0.4) is 0 Å². The molecule has 1 atom stereocenters. The van der Waals surface area contributed by atoms with Crippen LogP contribution in [0.2, 0.25) is 0 Å². The maximum absolute atomic E-state index is 11.8. The van der Waals surface area contributed by atoms with E-state index in [0.29, 0.717) is 5.92 Å². The van der Waals surface area contributed by atoms with Crippen LogP contribution in [-0.2, 0) is 4.79 Å². The van der Waals surface area contributed by atoms with E-state index in [0.717, 1.165) is 38.8 Å². The van der Waals surface area contributed by atoms with Crippen molar-refractivity contribution >= 4 is 5.91 Å². The normalized spacial score (nSPS) is 11.9. The summed E-state index contributed by atoms with van der Waals surface area (Å²) in [6, 6.07) is 10.6. The first kappa shape index (κ1) is 16.5. The molecular formula is C18H27NO. The van der Waals surface area contributed by atoms with Crippen LogP contribution >= 0.6 is 0 Å². The molecular weight excluding hydrogens is 246 g/mol. The second-order valence-corrected chi connectivity index (χ2v) is 5.34. The molecule has 0 spiro atoms. The van der Waals surface area contributed by atoms with Crippen molar-refractivity contribution in [3.63, 3.8) is 0 Å². The van der Waals surface area contributed by atoms with E-state index in [2.05, 4.69) is 44.7 Å². The minimum Gasteiger partial charge on any atom is -0.339 e. The fourth-order valence-corrected chi connectivity index (χ4v) is 2.35. The summed E-state index contributed by atoms with van der Waals surface area (Å²) in [4.78, 5) is 13.7. The number of carbonyl (C=O) groups is 1. The molecule has 1 unspecified atom stereocenters. The van der Waals surface area contributed by atoms with Crippen molar-refractivity contribution in [3.05, 3.63) is 48.6 Å². The second-order valence-electron chi connectivity index (χ2n) is 5.34. The summed E-state index contributed by atoms with van der Waals surface area (Å²) in [5.41, 5.74) is 1.38. The van der Waals surface area contributed by atoms with Gasteiger partial charge in [0.2, 0.25) is 5.91 Å². The van der Waals surface area contributed by atoms with E-state index in [1.165, 1.54) is 11.6 Å². The van der Waals surface area contributed by atoms with E-state index >= 15 is 0 Å².